The predicted octanol–water partition coefficient (Wildman–Crippen LogP) is 1.99. The summed E-state index contributed by atoms with van der Waals surface area (Å²) in [6.45, 7) is 1.95. The van der Waals surface area contributed by atoms with Gasteiger partial charge in [0.1, 0.15) is 0 Å². The summed E-state index contributed by atoms with van der Waals surface area (Å²) in [6, 6.07) is 7.47. The normalized spacial score (nSPS) is 11.3. The fourth-order valence-corrected chi connectivity index (χ4v) is 1.22. The first-order chi connectivity index (χ1) is 6.76. The molecule has 0 spiro atoms. The first kappa shape index (κ1) is 13.9. The van der Waals surface area contributed by atoms with Crippen LogP contribution in [0.5, 0.6) is 0 Å². The Balaban J connectivity index is 0.00000196. The molecule has 0 saturated carbocycles. The van der Waals surface area contributed by atoms with Crippen molar-refractivity contribution in [2.24, 2.45) is 0 Å². The summed E-state index contributed by atoms with van der Waals surface area (Å²) in [5.74, 6) is 0. The van der Waals surface area contributed by atoms with E-state index in [1.54, 1.807) is 0 Å². The fourth-order valence-electron chi connectivity index (χ4n) is 1.22. The van der Waals surface area contributed by atoms with Gasteiger partial charge in [0, 0.05) is 5.69 Å². The number of carbonyl (C=O) groups is 1. The Hall–Kier alpha value is -1.06. The third-order valence-electron chi connectivity index (χ3n) is 2.12. The van der Waals surface area contributed by atoms with Crippen molar-refractivity contribution in [3.63, 3.8) is 0 Å². The van der Waals surface area contributed by atoms with Crippen molar-refractivity contribution >= 4 is 24.5 Å². The van der Waals surface area contributed by atoms with Gasteiger partial charge in [-0.3, -0.25) is 4.79 Å². The molecule has 0 aliphatic carbocycles. The number of nitrogens with one attached hydrogen (secondary N) is 1. The van der Waals surface area contributed by atoms with Crippen LogP contribution in [-0.4, -0.2) is 17.6 Å². The van der Waals surface area contributed by atoms with Gasteiger partial charge in [-0.25, -0.2) is 0 Å². The standard InChI is InChI=1S/C11H15NO2.ClH/c1-2-11(14)7-9-3-5-10(6-4-9)12-8-13;/h3-6,8,11,14H,2,7H2,1H3,(H,12,13);1H. The molecule has 3 nitrogen and oxygen atoms in total. The maximum absolute atomic E-state index is 10.1. The van der Waals surface area contributed by atoms with E-state index in [2.05, 4.69) is 5.32 Å². The maximum Gasteiger partial charge on any atom is 0.211 e. The third kappa shape index (κ3) is 4.81. The van der Waals surface area contributed by atoms with Crippen molar-refractivity contribution in [2.45, 2.75) is 25.9 Å². The van der Waals surface area contributed by atoms with Crippen LogP contribution in [0.3, 0.4) is 0 Å². The van der Waals surface area contributed by atoms with Crippen molar-refractivity contribution in [2.75, 3.05) is 5.32 Å². The lowest BCUT2D eigenvalue weighted by Gasteiger charge is -2.07. The van der Waals surface area contributed by atoms with E-state index in [0.29, 0.717) is 12.8 Å². The Morgan fingerprint density at radius 2 is 2.00 bits per heavy atom. The molecule has 2 N–H and O–H groups in total. The zero-order valence-corrected chi connectivity index (χ0v) is 9.46. The molecule has 0 aromatic heterocycles. The smallest absolute Gasteiger partial charge is 0.211 e. The van der Waals surface area contributed by atoms with Gasteiger partial charge in [0.25, 0.3) is 0 Å². The molecule has 0 aliphatic heterocycles. The lowest BCUT2D eigenvalue weighted by molar-refractivity contribution is -0.105. The zero-order chi connectivity index (χ0) is 10.4. The van der Waals surface area contributed by atoms with Crippen molar-refractivity contribution in [3.8, 4) is 0 Å². The zero-order valence-electron chi connectivity index (χ0n) is 8.64. The van der Waals surface area contributed by atoms with E-state index in [0.717, 1.165) is 17.7 Å². The van der Waals surface area contributed by atoms with Gasteiger partial charge in [-0.05, 0) is 30.5 Å². The Bertz CT molecular complexity index is 287. The molecule has 0 radical (unpaired) electrons. The first-order valence-corrected chi connectivity index (χ1v) is 4.73. The van der Waals surface area contributed by atoms with Crippen molar-refractivity contribution in [1.82, 2.24) is 0 Å². The molecular weight excluding hydrogens is 214 g/mol. The van der Waals surface area contributed by atoms with Crippen LogP contribution in [0.15, 0.2) is 24.3 Å². The quantitative estimate of drug-likeness (QED) is 0.759. The molecule has 1 unspecified atom stereocenters. The lowest BCUT2D eigenvalue weighted by Crippen LogP contribution is -2.08. The highest BCUT2D eigenvalue weighted by atomic mass is 35.5. The highest BCUT2D eigenvalue weighted by Gasteiger charge is 2.01. The summed E-state index contributed by atoms with van der Waals surface area (Å²) in [5, 5.41) is 12.0. The van der Waals surface area contributed by atoms with Crippen LogP contribution in [0.4, 0.5) is 5.69 Å². The lowest BCUT2D eigenvalue weighted by atomic mass is 10.1. The second kappa shape index (κ2) is 7.26. The highest BCUT2D eigenvalue weighted by molar-refractivity contribution is 5.85. The molecule has 1 aromatic carbocycles. The number of benzene rings is 1. The summed E-state index contributed by atoms with van der Waals surface area (Å²) < 4.78 is 0. The Labute approximate surface area is 95.9 Å². The van der Waals surface area contributed by atoms with Crippen LogP contribution in [-0.2, 0) is 11.2 Å². The van der Waals surface area contributed by atoms with Crippen LogP contribution in [0.2, 0.25) is 0 Å². The van der Waals surface area contributed by atoms with E-state index < -0.39 is 0 Å². The van der Waals surface area contributed by atoms with E-state index in [9.17, 15) is 9.90 Å². The van der Waals surface area contributed by atoms with E-state index in [1.807, 2.05) is 31.2 Å². The van der Waals surface area contributed by atoms with Gasteiger partial charge < -0.3 is 10.4 Å². The van der Waals surface area contributed by atoms with Gasteiger partial charge in [0.05, 0.1) is 6.10 Å². The molecule has 1 atom stereocenters. The summed E-state index contributed by atoms with van der Waals surface area (Å²) >= 11 is 0. The average Bonchev–Trinajstić information content (AvgIpc) is 2.21. The van der Waals surface area contributed by atoms with Crippen molar-refractivity contribution < 1.29 is 9.90 Å². The van der Waals surface area contributed by atoms with Gasteiger partial charge in [-0.2, -0.15) is 0 Å². The van der Waals surface area contributed by atoms with Crippen LogP contribution in [0.1, 0.15) is 18.9 Å². The maximum atomic E-state index is 10.1. The molecule has 0 heterocycles. The molecule has 84 valence electrons. The molecule has 0 fully saturated rings. The molecule has 0 aliphatic rings. The summed E-state index contributed by atoms with van der Waals surface area (Å²) in [4.78, 5) is 10.1. The van der Waals surface area contributed by atoms with Crippen LogP contribution in [0.25, 0.3) is 0 Å². The molecule has 1 aromatic rings. The Kier molecular flexibility index (Phi) is 6.75. The molecule has 0 bridgehead atoms. The highest BCUT2D eigenvalue weighted by Crippen LogP contribution is 2.11. The third-order valence-corrected chi connectivity index (χ3v) is 2.12. The van der Waals surface area contributed by atoms with E-state index in [1.165, 1.54) is 0 Å². The fraction of sp³-hybridized carbons (Fsp3) is 0.364. The average molecular weight is 230 g/mol. The molecule has 1 rings (SSSR count). The molecular formula is C11H16ClNO2. The van der Waals surface area contributed by atoms with Gasteiger partial charge in [-0.1, -0.05) is 19.1 Å². The second-order valence-corrected chi connectivity index (χ2v) is 3.23. The molecule has 15 heavy (non-hydrogen) atoms. The molecule has 4 heteroatoms. The second-order valence-electron chi connectivity index (χ2n) is 3.23. The van der Waals surface area contributed by atoms with Gasteiger partial charge >= 0.3 is 0 Å². The van der Waals surface area contributed by atoms with Gasteiger partial charge in [0.15, 0.2) is 0 Å². The Morgan fingerprint density at radius 1 is 1.40 bits per heavy atom. The minimum absolute atomic E-state index is 0. The largest absolute Gasteiger partial charge is 0.393 e. The number of rotatable bonds is 5. The monoisotopic (exact) mass is 229 g/mol. The van der Waals surface area contributed by atoms with E-state index >= 15 is 0 Å². The summed E-state index contributed by atoms with van der Waals surface area (Å²) in [5.41, 5.74) is 1.85. The molecule has 0 saturated heterocycles. The van der Waals surface area contributed by atoms with Gasteiger partial charge in [0.2, 0.25) is 6.41 Å². The number of carbonyl (C=O) groups excluding carboxylic acids is 1. The summed E-state index contributed by atoms with van der Waals surface area (Å²) in [7, 11) is 0. The minimum atomic E-state index is -0.278. The number of amides is 1. The predicted molar refractivity (Wildman–Crippen MR) is 63.4 cm³/mol. The van der Waals surface area contributed by atoms with Crippen molar-refractivity contribution in [3.05, 3.63) is 29.8 Å². The number of aliphatic hydroxyl groups excluding tert-OH is 1. The van der Waals surface area contributed by atoms with Crippen LogP contribution in [0, 0.1) is 0 Å². The van der Waals surface area contributed by atoms with E-state index in [4.69, 9.17) is 0 Å². The number of hydrogen-bond donors (Lipinski definition) is 2. The van der Waals surface area contributed by atoms with Crippen LogP contribution >= 0.6 is 12.4 Å². The number of anilines is 1. The van der Waals surface area contributed by atoms with Gasteiger partial charge in [-0.15, -0.1) is 12.4 Å². The van der Waals surface area contributed by atoms with E-state index in [-0.39, 0.29) is 18.5 Å². The molecule has 1 amide bonds. The SMILES string of the molecule is CCC(O)Cc1ccc(NC=O)cc1.Cl. The van der Waals surface area contributed by atoms with Crippen LogP contribution < -0.4 is 5.32 Å². The topological polar surface area (TPSA) is 49.3 Å². The van der Waals surface area contributed by atoms with Crippen molar-refractivity contribution in [1.29, 1.82) is 0 Å². The number of halogens is 1. The number of hydrogen-bond acceptors (Lipinski definition) is 2. The summed E-state index contributed by atoms with van der Waals surface area (Å²) in [6.07, 6.45) is 1.79. The number of aliphatic hydroxyl groups is 1. The Morgan fingerprint density at radius 3 is 2.47 bits per heavy atom. The first-order valence-electron chi connectivity index (χ1n) is 4.73. The minimum Gasteiger partial charge on any atom is -0.393 e.